The maximum absolute atomic E-state index is 10.3. The molecule has 2 rings (SSSR count). The third kappa shape index (κ3) is 1.43. The number of hydrogen-bond donors (Lipinski definition) is 1. The van der Waals surface area contributed by atoms with Crippen molar-refractivity contribution >= 4 is 0 Å². The van der Waals surface area contributed by atoms with Gasteiger partial charge in [0.15, 0.2) is 0 Å². The van der Waals surface area contributed by atoms with E-state index in [0.29, 0.717) is 5.69 Å². The van der Waals surface area contributed by atoms with E-state index in [1.807, 2.05) is 13.8 Å². The lowest BCUT2D eigenvalue weighted by Gasteiger charge is -2.20. The van der Waals surface area contributed by atoms with Gasteiger partial charge in [0.05, 0.1) is 0 Å². The van der Waals surface area contributed by atoms with E-state index >= 15 is 0 Å². The molecule has 1 saturated carbocycles. The van der Waals surface area contributed by atoms with E-state index in [1.165, 1.54) is 0 Å². The summed E-state index contributed by atoms with van der Waals surface area (Å²) in [4.78, 5) is 0. The summed E-state index contributed by atoms with van der Waals surface area (Å²) in [7, 11) is 0. The predicted octanol–water partition coefficient (Wildman–Crippen LogP) is 1.95. The Hall–Kier alpha value is -0.900. The van der Waals surface area contributed by atoms with Crippen molar-refractivity contribution in [1.29, 1.82) is 0 Å². The van der Waals surface area contributed by atoms with E-state index in [2.05, 4.69) is 10.3 Å². The molecule has 14 heavy (non-hydrogen) atoms. The average Bonchev–Trinajstić information content (AvgIpc) is 2.71. The van der Waals surface area contributed by atoms with Gasteiger partial charge in [0, 0.05) is 5.92 Å². The topological polar surface area (TPSA) is 59.2 Å². The molecule has 0 atom stereocenters. The second-order valence-electron chi connectivity index (χ2n) is 4.39. The fourth-order valence-electron chi connectivity index (χ4n) is 2.09. The lowest BCUT2D eigenvalue weighted by Crippen LogP contribution is -2.23. The van der Waals surface area contributed by atoms with Crippen LogP contribution in [0.15, 0.2) is 4.63 Å². The fraction of sp³-hybridized carbons (Fsp3) is 0.800. The first-order valence-corrected chi connectivity index (χ1v) is 5.19. The Balaban J connectivity index is 2.35. The lowest BCUT2D eigenvalue weighted by atomic mass is 9.93. The molecule has 1 N–H and O–H groups in total. The highest BCUT2D eigenvalue weighted by Gasteiger charge is 2.39. The molecule has 0 radical (unpaired) electrons. The first-order valence-electron chi connectivity index (χ1n) is 5.19. The zero-order chi connectivity index (χ0) is 10.2. The van der Waals surface area contributed by atoms with Crippen molar-refractivity contribution in [3.63, 3.8) is 0 Å². The summed E-state index contributed by atoms with van der Waals surface area (Å²) in [6, 6.07) is 0. The van der Waals surface area contributed by atoms with Crippen molar-refractivity contribution in [2.75, 3.05) is 0 Å². The highest BCUT2D eigenvalue weighted by molar-refractivity contribution is 5.20. The zero-order valence-electron chi connectivity index (χ0n) is 8.66. The van der Waals surface area contributed by atoms with Crippen molar-refractivity contribution in [2.24, 2.45) is 0 Å². The van der Waals surface area contributed by atoms with Gasteiger partial charge in [-0.3, -0.25) is 0 Å². The van der Waals surface area contributed by atoms with Crippen LogP contribution in [0.3, 0.4) is 0 Å². The van der Waals surface area contributed by atoms with Crippen LogP contribution in [0.1, 0.15) is 56.8 Å². The van der Waals surface area contributed by atoms with Crippen molar-refractivity contribution in [2.45, 2.75) is 51.0 Å². The van der Waals surface area contributed by atoms with Gasteiger partial charge in [-0.2, -0.15) is 0 Å². The van der Waals surface area contributed by atoms with Gasteiger partial charge < -0.3 is 5.11 Å². The minimum Gasteiger partial charge on any atom is -0.383 e. The smallest absolute Gasteiger partial charge is 0.140 e. The average molecular weight is 196 g/mol. The Labute approximate surface area is 83.3 Å². The Morgan fingerprint density at radius 3 is 2.50 bits per heavy atom. The number of rotatable bonds is 2. The van der Waals surface area contributed by atoms with Gasteiger partial charge in [-0.1, -0.05) is 37.0 Å². The second-order valence-corrected chi connectivity index (χ2v) is 4.39. The molecule has 4 nitrogen and oxygen atoms in total. The van der Waals surface area contributed by atoms with Crippen molar-refractivity contribution in [1.82, 2.24) is 10.3 Å². The lowest BCUT2D eigenvalue weighted by molar-refractivity contribution is 0.0355. The van der Waals surface area contributed by atoms with Gasteiger partial charge in [-0.15, -0.1) is 0 Å². The largest absolute Gasteiger partial charge is 0.383 e. The van der Waals surface area contributed by atoms with E-state index in [0.717, 1.165) is 31.4 Å². The fourth-order valence-corrected chi connectivity index (χ4v) is 2.09. The molecule has 0 amide bonds. The Morgan fingerprint density at radius 2 is 1.93 bits per heavy atom. The van der Waals surface area contributed by atoms with Crippen LogP contribution in [0.5, 0.6) is 0 Å². The first-order chi connectivity index (χ1) is 6.63. The molecule has 0 aromatic carbocycles. The quantitative estimate of drug-likeness (QED) is 0.785. The molecular weight excluding hydrogens is 180 g/mol. The molecule has 0 unspecified atom stereocenters. The Bertz CT molecular complexity index is 314. The van der Waals surface area contributed by atoms with Gasteiger partial charge in [-0.25, -0.2) is 4.63 Å². The second kappa shape index (κ2) is 3.35. The predicted molar refractivity (Wildman–Crippen MR) is 50.8 cm³/mol. The number of aliphatic hydroxyl groups is 1. The summed E-state index contributed by atoms with van der Waals surface area (Å²) in [5, 5.41) is 18.0. The summed E-state index contributed by atoms with van der Waals surface area (Å²) in [5.74, 6) is 0.251. The third-order valence-corrected chi connectivity index (χ3v) is 2.93. The van der Waals surface area contributed by atoms with Crippen molar-refractivity contribution in [3.8, 4) is 0 Å². The summed E-state index contributed by atoms with van der Waals surface area (Å²) in [6.45, 7) is 4.06. The summed E-state index contributed by atoms with van der Waals surface area (Å²) >= 11 is 0. The van der Waals surface area contributed by atoms with Crippen LogP contribution >= 0.6 is 0 Å². The van der Waals surface area contributed by atoms with Crippen LogP contribution in [-0.2, 0) is 5.60 Å². The molecule has 1 heterocycles. The third-order valence-electron chi connectivity index (χ3n) is 2.93. The van der Waals surface area contributed by atoms with E-state index in [9.17, 15) is 5.11 Å². The van der Waals surface area contributed by atoms with Crippen molar-refractivity contribution < 1.29 is 9.74 Å². The summed E-state index contributed by atoms with van der Waals surface area (Å²) in [6.07, 6.45) is 3.67. The maximum atomic E-state index is 10.3. The van der Waals surface area contributed by atoms with Crippen molar-refractivity contribution in [3.05, 3.63) is 11.4 Å². The molecule has 78 valence electrons. The minimum atomic E-state index is -0.778. The molecule has 4 heteroatoms. The standard InChI is InChI=1S/C10H16N2O2/c1-7(2)8-9(12-14-11-8)10(13)5-3-4-6-10/h7,13H,3-6H2,1-2H3. The molecule has 1 fully saturated rings. The maximum Gasteiger partial charge on any atom is 0.140 e. The van der Waals surface area contributed by atoms with Gasteiger partial charge >= 0.3 is 0 Å². The molecule has 0 bridgehead atoms. The molecule has 0 aliphatic heterocycles. The highest BCUT2D eigenvalue weighted by Crippen LogP contribution is 2.39. The molecule has 1 aromatic rings. The molecule has 1 aliphatic rings. The molecule has 1 aromatic heterocycles. The Kier molecular flexibility index (Phi) is 2.31. The number of aromatic nitrogens is 2. The van der Waals surface area contributed by atoms with Crippen LogP contribution in [0.2, 0.25) is 0 Å². The Morgan fingerprint density at radius 1 is 1.29 bits per heavy atom. The van der Waals surface area contributed by atoms with E-state index in [-0.39, 0.29) is 5.92 Å². The van der Waals surface area contributed by atoms with E-state index < -0.39 is 5.60 Å². The van der Waals surface area contributed by atoms with Crippen LogP contribution in [-0.4, -0.2) is 15.4 Å². The monoisotopic (exact) mass is 196 g/mol. The van der Waals surface area contributed by atoms with Crippen LogP contribution in [0, 0.1) is 0 Å². The van der Waals surface area contributed by atoms with Gasteiger partial charge in [0.25, 0.3) is 0 Å². The van der Waals surface area contributed by atoms with Crippen LogP contribution in [0.25, 0.3) is 0 Å². The van der Waals surface area contributed by atoms with Crippen LogP contribution in [0.4, 0.5) is 0 Å². The van der Waals surface area contributed by atoms with E-state index in [4.69, 9.17) is 4.63 Å². The van der Waals surface area contributed by atoms with E-state index in [1.54, 1.807) is 0 Å². The van der Waals surface area contributed by atoms with Gasteiger partial charge in [0.2, 0.25) is 0 Å². The highest BCUT2D eigenvalue weighted by atomic mass is 16.6. The van der Waals surface area contributed by atoms with Gasteiger partial charge in [0.1, 0.15) is 17.0 Å². The zero-order valence-corrected chi connectivity index (χ0v) is 8.66. The molecule has 0 saturated heterocycles. The van der Waals surface area contributed by atoms with Crippen LogP contribution < -0.4 is 0 Å². The summed E-state index contributed by atoms with van der Waals surface area (Å²) in [5.41, 5.74) is 0.680. The number of hydrogen-bond acceptors (Lipinski definition) is 4. The minimum absolute atomic E-state index is 0.251. The molecule has 1 aliphatic carbocycles. The normalized spacial score (nSPS) is 20.6. The first kappa shape index (κ1) is 9.65. The summed E-state index contributed by atoms with van der Waals surface area (Å²) < 4.78 is 4.72. The van der Waals surface area contributed by atoms with Gasteiger partial charge in [-0.05, 0) is 12.8 Å². The SMILES string of the molecule is CC(C)c1nonc1C1(O)CCCC1. The molecule has 0 spiro atoms. The number of nitrogens with zero attached hydrogens (tertiary/aromatic N) is 2. The molecular formula is C10H16N2O2.